The maximum absolute atomic E-state index is 14.0. The summed E-state index contributed by atoms with van der Waals surface area (Å²) >= 11 is 1.47. The minimum Gasteiger partial charge on any atom is -0.333 e. The summed E-state index contributed by atoms with van der Waals surface area (Å²) in [7, 11) is 0. The van der Waals surface area contributed by atoms with Crippen molar-refractivity contribution in [3.05, 3.63) is 76.5 Å². The maximum Gasteiger partial charge on any atom is 0.254 e. The van der Waals surface area contributed by atoms with Gasteiger partial charge in [0.1, 0.15) is 10.8 Å². The van der Waals surface area contributed by atoms with Gasteiger partial charge in [-0.25, -0.2) is 9.37 Å². The van der Waals surface area contributed by atoms with Crippen molar-refractivity contribution in [1.82, 2.24) is 9.88 Å². The number of carbonyl (C=O) groups excluding carboxylic acids is 1. The molecule has 2 heterocycles. The predicted molar refractivity (Wildman–Crippen MR) is 92.4 cm³/mol. The van der Waals surface area contributed by atoms with Gasteiger partial charge in [-0.05, 0) is 24.3 Å². The summed E-state index contributed by atoms with van der Waals surface area (Å²) in [6, 6.07) is 16.0. The quantitative estimate of drug-likeness (QED) is 0.703. The summed E-state index contributed by atoms with van der Waals surface area (Å²) < 4.78 is 14.0. The lowest BCUT2D eigenvalue weighted by atomic mass is 10.1. The topological polar surface area (TPSA) is 33.2 Å². The standard InChI is InChI=1S/C19H15FN2OS/c20-15-9-5-4-8-14(15)18-21-16-10-11-22(12-17(16)24-18)19(23)13-6-2-1-3-7-13/h1-9H,10-12H2. The van der Waals surface area contributed by atoms with Crippen LogP contribution < -0.4 is 0 Å². The van der Waals surface area contributed by atoms with E-state index in [9.17, 15) is 9.18 Å². The van der Waals surface area contributed by atoms with Crippen molar-refractivity contribution in [3.8, 4) is 10.6 Å². The molecule has 0 unspecified atom stereocenters. The third-order valence-electron chi connectivity index (χ3n) is 4.14. The normalized spacial score (nSPS) is 13.6. The molecule has 0 radical (unpaired) electrons. The Bertz CT molecular complexity index is 891. The minimum atomic E-state index is -0.263. The number of hydrogen-bond donors (Lipinski definition) is 0. The lowest BCUT2D eigenvalue weighted by molar-refractivity contribution is 0.0736. The van der Waals surface area contributed by atoms with E-state index < -0.39 is 0 Å². The zero-order valence-corrected chi connectivity index (χ0v) is 13.7. The largest absolute Gasteiger partial charge is 0.333 e. The molecule has 0 spiro atoms. The molecule has 0 aliphatic carbocycles. The summed E-state index contributed by atoms with van der Waals surface area (Å²) in [6.45, 7) is 1.18. The Hall–Kier alpha value is -2.53. The highest BCUT2D eigenvalue weighted by Gasteiger charge is 2.25. The predicted octanol–water partition coefficient (Wildman–Crippen LogP) is 4.15. The molecule has 0 N–H and O–H groups in total. The van der Waals surface area contributed by atoms with Gasteiger partial charge in [-0.2, -0.15) is 0 Å². The molecule has 1 amide bonds. The molecule has 5 heteroatoms. The van der Waals surface area contributed by atoms with E-state index in [1.54, 1.807) is 12.1 Å². The van der Waals surface area contributed by atoms with Crippen LogP contribution in [0.15, 0.2) is 54.6 Å². The number of halogens is 1. The zero-order chi connectivity index (χ0) is 16.5. The van der Waals surface area contributed by atoms with E-state index in [1.165, 1.54) is 17.4 Å². The van der Waals surface area contributed by atoms with Crippen LogP contribution in [-0.2, 0) is 13.0 Å². The fourth-order valence-electron chi connectivity index (χ4n) is 2.88. The smallest absolute Gasteiger partial charge is 0.254 e. The first-order chi connectivity index (χ1) is 11.7. The first-order valence-electron chi connectivity index (χ1n) is 7.80. The van der Waals surface area contributed by atoms with E-state index in [2.05, 4.69) is 4.98 Å². The van der Waals surface area contributed by atoms with Crippen LogP contribution in [-0.4, -0.2) is 22.3 Å². The van der Waals surface area contributed by atoms with E-state index in [-0.39, 0.29) is 11.7 Å². The number of carbonyl (C=O) groups is 1. The molecule has 2 aromatic carbocycles. The van der Waals surface area contributed by atoms with Crippen molar-refractivity contribution in [2.24, 2.45) is 0 Å². The Kier molecular flexibility index (Phi) is 3.86. The van der Waals surface area contributed by atoms with E-state index in [0.29, 0.717) is 35.6 Å². The Morgan fingerprint density at radius 2 is 1.83 bits per heavy atom. The van der Waals surface area contributed by atoms with Gasteiger partial charge in [0.2, 0.25) is 0 Å². The monoisotopic (exact) mass is 338 g/mol. The molecule has 0 saturated heterocycles. The number of rotatable bonds is 2. The van der Waals surface area contributed by atoms with Gasteiger partial charge in [0.25, 0.3) is 5.91 Å². The van der Waals surface area contributed by atoms with E-state index in [1.807, 2.05) is 41.3 Å². The molecule has 1 aromatic heterocycles. The summed E-state index contributed by atoms with van der Waals surface area (Å²) in [4.78, 5) is 20.1. The van der Waals surface area contributed by atoms with Gasteiger partial charge >= 0.3 is 0 Å². The van der Waals surface area contributed by atoms with Gasteiger partial charge in [-0.15, -0.1) is 11.3 Å². The number of amides is 1. The second-order valence-electron chi connectivity index (χ2n) is 5.71. The zero-order valence-electron chi connectivity index (χ0n) is 12.9. The van der Waals surface area contributed by atoms with Crippen LogP contribution in [0.2, 0.25) is 0 Å². The fraction of sp³-hybridized carbons (Fsp3) is 0.158. The molecule has 0 atom stereocenters. The van der Waals surface area contributed by atoms with Crippen molar-refractivity contribution in [2.45, 2.75) is 13.0 Å². The van der Waals surface area contributed by atoms with Crippen LogP contribution >= 0.6 is 11.3 Å². The Labute approximate surface area is 143 Å². The number of nitrogens with zero attached hydrogens (tertiary/aromatic N) is 2. The van der Waals surface area contributed by atoms with Crippen LogP contribution in [0.25, 0.3) is 10.6 Å². The second-order valence-corrected chi connectivity index (χ2v) is 6.80. The molecule has 0 fully saturated rings. The van der Waals surface area contributed by atoms with Crippen LogP contribution in [0.5, 0.6) is 0 Å². The van der Waals surface area contributed by atoms with Gasteiger partial charge in [-0.1, -0.05) is 30.3 Å². The number of benzene rings is 2. The maximum atomic E-state index is 14.0. The van der Waals surface area contributed by atoms with Crippen LogP contribution in [0.1, 0.15) is 20.9 Å². The molecular weight excluding hydrogens is 323 g/mol. The highest BCUT2D eigenvalue weighted by molar-refractivity contribution is 7.15. The van der Waals surface area contributed by atoms with Gasteiger partial charge in [0.05, 0.1) is 12.2 Å². The molecule has 1 aliphatic rings. The third-order valence-corrected chi connectivity index (χ3v) is 5.26. The van der Waals surface area contributed by atoms with E-state index >= 15 is 0 Å². The second kappa shape index (κ2) is 6.17. The highest BCUT2D eigenvalue weighted by Crippen LogP contribution is 2.33. The molecule has 1 aliphatic heterocycles. The van der Waals surface area contributed by atoms with Crippen LogP contribution in [0.3, 0.4) is 0 Å². The average molecular weight is 338 g/mol. The molecule has 3 nitrogen and oxygen atoms in total. The summed E-state index contributed by atoms with van der Waals surface area (Å²) in [5, 5.41) is 0.687. The summed E-state index contributed by atoms with van der Waals surface area (Å²) in [6.07, 6.45) is 0.707. The first-order valence-corrected chi connectivity index (χ1v) is 8.62. The molecule has 0 saturated carbocycles. The summed E-state index contributed by atoms with van der Waals surface area (Å²) in [5.74, 6) is -0.233. The Morgan fingerprint density at radius 1 is 1.08 bits per heavy atom. The van der Waals surface area contributed by atoms with Crippen molar-refractivity contribution in [1.29, 1.82) is 0 Å². The Balaban J connectivity index is 1.60. The van der Waals surface area contributed by atoms with Crippen molar-refractivity contribution in [3.63, 3.8) is 0 Å². The minimum absolute atomic E-state index is 0.0297. The third kappa shape index (κ3) is 2.71. The van der Waals surface area contributed by atoms with Gasteiger partial charge in [0, 0.05) is 29.0 Å². The lowest BCUT2D eigenvalue weighted by Gasteiger charge is -2.26. The van der Waals surface area contributed by atoms with Gasteiger partial charge in [0.15, 0.2) is 0 Å². The van der Waals surface area contributed by atoms with Crippen LogP contribution in [0.4, 0.5) is 4.39 Å². The van der Waals surface area contributed by atoms with E-state index in [0.717, 1.165) is 10.6 Å². The SMILES string of the molecule is O=C(c1ccccc1)N1CCc2nc(-c3ccccc3F)sc2C1. The van der Waals surface area contributed by atoms with Crippen LogP contribution in [0, 0.1) is 5.82 Å². The number of fused-ring (bicyclic) bond motifs is 1. The lowest BCUT2D eigenvalue weighted by Crippen LogP contribution is -2.35. The Morgan fingerprint density at radius 3 is 2.62 bits per heavy atom. The van der Waals surface area contributed by atoms with Crippen molar-refractivity contribution in [2.75, 3.05) is 6.54 Å². The molecule has 0 bridgehead atoms. The molecule has 24 heavy (non-hydrogen) atoms. The van der Waals surface area contributed by atoms with Crippen molar-refractivity contribution < 1.29 is 9.18 Å². The number of thiazole rings is 1. The first kappa shape index (κ1) is 15.0. The van der Waals surface area contributed by atoms with Gasteiger partial charge in [-0.3, -0.25) is 4.79 Å². The fourth-order valence-corrected chi connectivity index (χ4v) is 4.03. The highest BCUT2D eigenvalue weighted by atomic mass is 32.1. The molecule has 3 aromatic rings. The molecule has 120 valence electrons. The van der Waals surface area contributed by atoms with Crippen molar-refractivity contribution >= 4 is 17.2 Å². The van der Waals surface area contributed by atoms with E-state index in [4.69, 9.17) is 0 Å². The molecular formula is C19H15FN2OS. The molecule has 4 rings (SSSR count). The number of hydrogen-bond acceptors (Lipinski definition) is 3. The average Bonchev–Trinajstić information content (AvgIpc) is 3.05. The van der Waals surface area contributed by atoms with Gasteiger partial charge < -0.3 is 4.90 Å². The summed E-state index contributed by atoms with van der Waals surface area (Å²) in [5.41, 5.74) is 2.20. The number of aromatic nitrogens is 1.